The first kappa shape index (κ1) is 16.9. The number of methoxy groups -OCH3 is 1. The van der Waals surface area contributed by atoms with Crippen molar-refractivity contribution in [2.24, 2.45) is 0 Å². The van der Waals surface area contributed by atoms with Gasteiger partial charge in [0.15, 0.2) is 0 Å². The molecule has 0 heterocycles. The van der Waals surface area contributed by atoms with Gasteiger partial charge in [0.25, 0.3) is 0 Å². The quantitative estimate of drug-likeness (QED) is 0.498. The summed E-state index contributed by atoms with van der Waals surface area (Å²) in [6.07, 6.45) is 2.10. The predicted octanol–water partition coefficient (Wildman–Crippen LogP) is 1.18. The highest BCUT2D eigenvalue weighted by atomic mass is 16.5. The average Bonchev–Trinajstić information content (AvgIpc) is 2.33. The maximum absolute atomic E-state index is 11.9. The van der Waals surface area contributed by atoms with E-state index in [1.54, 1.807) is 4.90 Å². The molecule has 0 aromatic heterocycles. The van der Waals surface area contributed by atoms with Crippen LogP contribution < -0.4 is 5.32 Å². The van der Waals surface area contributed by atoms with Crippen molar-refractivity contribution in [1.82, 2.24) is 10.2 Å². The lowest BCUT2D eigenvalue weighted by atomic mass is 10.2. The maximum atomic E-state index is 11.9. The normalized spacial score (nSPS) is 10.5. The molecule has 106 valence electrons. The number of hydrogen-bond donors (Lipinski definition) is 1. The second kappa shape index (κ2) is 9.88. The van der Waals surface area contributed by atoms with Crippen LogP contribution in [0.15, 0.2) is 0 Å². The van der Waals surface area contributed by atoms with E-state index in [2.05, 4.69) is 23.9 Å². The molecule has 0 aliphatic heterocycles. The summed E-state index contributed by atoms with van der Waals surface area (Å²) in [5, 5.41) is 3.26. The van der Waals surface area contributed by atoms with Crippen molar-refractivity contribution >= 4 is 11.9 Å². The minimum absolute atomic E-state index is 0.0211. The second-order valence-corrected chi connectivity index (χ2v) is 4.60. The van der Waals surface area contributed by atoms with Crippen LogP contribution in [0.4, 0.5) is 0 Å². The van der Waals surface area contributed by atoms with Crippen LogP contribution in [0.1, 0.15) is 40.0 Å². The van der Waals surface area contributed by atoms with Crippen LogP contribution in [-0.2, 0) is 14.3 Å². The fourth-order valence-electron chi connectivity index (χ4n) is 1.57. The van der Waals surface area contributed by atoms with E-state index < -0.39 is 0 Å². The lowest BCUT2D eigenvalue weighted by Crippen LogP contribution is -2.37. The van der Waals surface area contributed by atoms with Crippen molar-refractivity contribution in [1.29, 1.82) is 0 Å². The van der Waals surface area contributed by atoms with Gasteiger partial charge in [0, 0.05) is 19.0 Å². The van der Waals surface area contributed by atoms with Crippen LogP contribution in [0.5, 0.6) is 0 Å². The first-order chi connectivity index (χ1) is 8.51. The minimum atomic E-state index is -0.364. The lowest BCUT2D eigenvalue weighted by molar-refractivity contribution is -0.147. The molecule has 0 aromatic rings. The fourth-order valence-corrected chi connectivity index (χ4v) is 1.57. The topological polar surface area (TPSA) is 58.6 Å². The molecule has 0 bridgehead atoms. The molecule has 0 aliphatic carbocycles. The molecule has 1 N–H and O–H groups in total. The Balaban J connectivity index is 4.01. The highest BCUT2D eigenvalue weighted by Crippen LogP contribution is 2.00. The number of ether oxygens (including phenoxy) is 1. The number of nitrogens with zero attached hydrogens (tertiary/aromatic N) is 1. The van der Waals surface area contributed by atoms with E-state index in [4.69, 9.17) is 0 Å². The standard InChI is InChI=1S/C13H26N2O3/c1-5-9-15(10-13(17)18-4)12(16)7-6-8-14-11(2)3/h11,14H,5-10H2,1-4H3. The van der Waals surface area contributed by atoms with E-state index >= 15 is 0 Å². The molecule has 0 aliphatic rings. The molecule has 0 saturated carbocycles. The SMILES string of the molecule is CCCN(CC(=O)OC)C(=O)CCCNC(C)C. The molecule has 0 spiro atoms. The number of carbonyl (C=O) groups excluding carboxylic acids is 2. The Hall–Kier alpha value is -1.10. The van der Waals surface area contributed by atoms with Gasteiger partial charge in [-0.1, -0.05) is 20.8 Å². The number of nitrogens with one attached hydrogen (secondary N) is 1. The van der Waals surface area contributed by atoms with Crippen molar-refractivity contribution in [2.45, 2.75) is 46.1 Å². The summed E-state index contributed by atoms with van der Waals surface area (Å²) < 4.78 is 4.59. The monoisotopic (exact) mass is 258 g/mol. The molecule has 0 saturated heterocycles. The van der Waals surface area contributed by atoms with Gasteiger partial charge in [0.2, 0.25) is 5.91 Å². The first-order valence-electron chi connectivity index (χ1n) is 6.59. The van der Waals surface area contributed by atoms with Gasteiger partial charge in [-0.15, -0.1) is 0 Å². The van der Waals surface area contributed by atoms with E-state index in [9.17, 15) is 9.59 Å². The highest BCUT2D eigenvalue weighted by molar-refractivity contribution is 5.82. The Morgan fingerprint density at radius 2 is 2.00 bits per heavy atom. The molecule has 0 fully saturated rings. The van der Waals surface area contributed by atoms with E-state index in [0.29, 0.717) is 19.0 Å². The van der Waals surface area contributed by atoms with Crippen LogP contribution in [-0.4, -0.2) is 49.6 Å². The van der Waals surface area contributed by atoms with Crippen LogP contribution in [0.3, 0.4) is 0 Å². The predicted molar refractivity (Wildman–Crippen MR) is 71.3 cm³/mol. The molecule has 1 amide bonds. The molecular weight excluding hydrogens is 232 g/mol. The molecule has 0 radical (unpaired) electrons. The number of rotatable bonds is 9. The van der Waals surface area contributed by atoms with Gasteiger partial charge < -0.3 is 15.0 Å². The van der Waals surface area contributed by atoms with Gasteiger partial charge in [0.1, 0.15) is 6.54 Å². The molecule has 18 heavy (non-hydrogen) atoms. The summed E-state index contributed by atoms with van der Waals surface area (Å²) in [7, 11) is 1.34. The Morgan fingerprint density at radius 1 is 1.33 bits per heavy atom. The Morgan fingerprint density at radius 3 is 2.50 bits per heavy atom. The third kappa shape index (κ3) is 8.06. The number of carbonyl (C=O) groups is 2. The zero-order valence-electron chi connectivity index (χ0n) is 12.0. The maximum Gasteiger partial charge on any atom is 0.325 e. The molecule has 0 aromatic carbocycles. The summed E-state index contributed by atoms with van der Waals surface area (Å²) in [6.45, 7) is 7.61. The summed E-state index contributed by atoms with van der Waals surface area (Å²) >= 11 is 0. The highest BCUT2D eigenvalue weighted by Gasteiger charge is 2.16. The van der Waals surface area contributed by atoms with Crippen molar-refractivity contribution in [3.05, 3.63) is 0 Å². The van der Waals surface area contributed by atoms with E-state index in [-0.39, 0.29) is 18.4 Å². The zero-order chi connectivity index (χ0) is 14.0. The van der Waals surface area contributed by atoms with Gasteiger partial charge in [-0.05, 0) is 19.4 Å². The molecule has 0 unspecified atom stereocenters. The van der Waals surface area contributed by atoms with E-state index in [0.717, 1.165) is 19.4 Å². The zero-order valence-corrected chi connectivity index (χ0v) is 12.0. The van der Waals surface area contributed by atoms with Gasteiger partial charge in [-0.3, -0.25) is 9.59 Å². The van der Waals surface area contributed by atoms with Gasteiger partial charge in [-0.2, -0.15) is 0 Å². The summed E-state index contributed by atoms with van der Waals surface area (Å²) in [6, 6.07) is 0.432. The van der Waals surface area contributed by atoms with Crippen molar-refractivity contribution in [2.75, 3.05) is 26.7 Å². The third-order valence-corrected chi connectivity index (χ3v) is 2.51. The van der Waals surface area contributed by atoms with Crippen LogP contribution >= 0.6 is 0 Å². The van der Waals surface area contributed by atoms with E-state index in [1.807, 2.05) is 6.92 Å². The Bertz CT molecular complexity index is 255. The molecule has 0 atom stereocenters. The van der Waals surface area contributed by atoms with Crippen LogP contribution in [0.2, 0.25) is 0 Å². The number of hydrogen-bond acceptors (Lipinski definition) is 4. The number of amides is 1. The Labute approximate surface area is 110 Å². The third-order valence-electron chi connectivity index (χ3n) is 2.51. The first-order valence-corrected chi connectivity index (χ1v) is 6.59. The largest absolute Gasteiger partial charge is 0.468 e. The van der Waals surface area contributed by atoms with Crippen molar-refractivity contribution in [3.63, 3.8) is 0 Å². The summed E-state index contributed by atoms with van der Waals surface area (Å²) in [4.78, 5) is 24.7. The smallest absolute Gasteiger partial charge is 0.325 e. The molecular formula is C13H26N2O3. The van der Waals surface area contributed by atoms with Crippen molar-refractivity contribution in [3.8, 4) is 0 Å². The molecule has 5 heteroatoms. The lowest BCUT2D eigenvalue weighted by Gasteiger charge is -2.20. The number of esters is 1. The Kier molecular flexibility index (Phi) is 9.28. The van der Waals surface area contributed by atoms with Gasteiger partial charge in [-0.25, -0.2) is 0 Å². The second-order valence-electron chi connectivity index (χ2n) is 4.60. The van der Waals surface area contributed by atoms with Gasteiger partial charge in [0.05, 0.1) is 7.11 Å². The van der Waals surface area contributed by atoms with Crippen molar-refractivity contribution < 1.29 is 14.3 Å². The van der Waals surface area contributed by atoms with Gasteiger partial charge >= 0.3 is 5.97 Å². The van der Waals surface area contributed by atoms with E-state index in [1.165, 1.54) is 7.11 Å². The fraction of sp³-hybridized carbons (Fsp3) is 0.846. The minimum Gasteiger partial charge on any atom is -0.468 e. The summed E-state index contributed by atoms with van der Waals surface area (Å²) in [5.74, 6) is -0.343. The average molecular weight is 258 g/mol. The molecule has 5 nitrogen and oxygen atoms in total. The van der Waals surface area contributed by atoms with Crippen LogP contribution in [0, 0.1) is 0 Å². The van der Waals surface area contributed by atoms with Crippen LogP contribution in [0.25, 0.3) is 0 Å². The summed E-state index contributed by atoms with van der Waals surface area (Å²) in [5.41, 5.74) is 0. The molecule has 0 rings (SSSR count).